The number of halogens is 2. The normalized spacial score (nSPS) is 10.7. The lowest BCUT2D eigenvalue weighted by molar-refractivity contribution is 0.479. The van der Waals surface area contributed by atoms with Gasteiger partial charge in [-0.05, 0) is 101 Å². The van der Waals surface area contributed by atoms with E-state index < -0.39 is 0 Å². The average molecular weight is 537 g/mol. The first-order chi connectivity index (χ1) is 14.9. The van der Waals surface area contributed by atoms with Crippen LogP contribution in [0, 0.1) is 20.8 Å². The number of benzene rings is 4. The van der Waals surface area contributed by atoms with Gasteiger partial charge in [0.15, 0.2) is 0 Å². The van der Waals surface area contributed by atoms with E-state index in [0.717, 1.165) is 37.5 Å². The summed E-state index contributed by atoms with van der Waals surface area (Å²) in [5, 5.41) is 0. The Kier molecular flexibility index (Phi) is 6.49. The van der Waals surface area contributed by atoms with Gasteiger partial charge in [0.1, 0.15) is 11.5 Å². The smallest absolute Gasteiger partial charge is 0.142 e. The third-order valence-electron chi connectivity index (χ3n) is 5.08. The van der Waals surface area contributed by atoms with Crippen molar-refractivity contribution < 1.29 is 4.74 Å². The maximum atomic E-state index is 6.13. The Labute approximate surface area is 200 Å². The Bertz CT molecular complexity index is 1140. The maximum absolute atomic E-state index is 6.13. The summed E-state index contributed by atoms with van der Waals surface area (Å²) in [7, 11) is 0. The van der Waals surface area contributed by atoms with E-state index in [-0.39, 0.29) is 0 Å². The van der Waals surface area contributed by atoms with Crippen molar-refractivity contribution in [1.29, 1.82) is 0 Å². The molecule has 4 heteroatoms. The Balaban J connectivity index is 1.77. The fourth-order valence-corrected chi connectivity index (χ4v) is 4.23. The Morgan fingerprint density at radius 2 is 1.03 bits per heavy atom. The molecule has 0 radical (unpaired) electrons. The number of aryl methyl sites for hydroxylation is 3. The van der Waals surface area contributed by atoms with Crippen molar-refractivity contribution in [3.63, 3.8) is 0 Å². The van der Waals surface area contributed by atoms with E-state index in [1.165, 1.54) is 16.7 Å². The summed E-state index contributed by atoms with van der Waals surface area (Å²) in [5.74, 6) is 1.56. The quantitative estimate of drug-likeness (QED) is 0.252. The summed E-state index contributed by atoms with van der Waals surface area (Å²) in [6.07, 6.45) is 0. The van der Waals surface area contributed by atoms with Gasteiger partial charge in [0.2, 0.25) is 0 Å². The highest BCUT2D eigenvalue weighted by Crippen LogP contribution is 2.44. The first-order valence-electron chi connectivity index (χ1n) is 10.1. The number of rotatable bonds is 5. The molecule has 0 fully saturated rings. The summed E-state index contributed by atoms with van der Waals surface area (Å²) >= 11 is 7.51. The van der Waals surface area contributed by atoms with Crippen molar-refractivity contribution >= 4 is 48.9 Å². The van der Waals surface area contributed by atoms with Crippen molar-refractivity contribution in [2.45, 2.75) is 20.8 Å². The molecule has 0 amide bonds. The third kappa shape index (κ3) is 5.03. The molecule has 0 aliphatic rings. The van der Waals surface area contributed by atoms with Gasteiger partial charge in [0, 0.05) is 15.8 Å². The lowest BCUT2D eigenvalue weighted by atomic mass is 10.1. The minimum Gasteiger partial charge on any atom is -0.456 e. The molecule has 0 aromatic heterocycles. The first-order valence-corrected chi connectivity index (χ1v) is 11.7. The number of hydrogen-bond acceptors (Lipinski definition) is 2. The second-order valence-electron chi connectivity index (χ2n) is 7.66. The van der Waals surface area contributed by atoms with Crippen molar-refractivity contribution in [3.8, 4) is 11.5 Å². The van der Waals surface area contributed by atoms with Gasteiger partial charge in [-0.1, -0.05) is 53.1 Å². The molecule has 31 heavy (non-hydrogen) atoms. The van der Waals surface area contributed by atoms with Crippen LogP contribution >= 0.6 is 31.9 Å². The largest absolute Gasteiger partial charge is 0.456 e. The van der Waals surface area contributed by atoms with Gasteiger partial charge in [-0.15, -0.1) is 0 Å². The Hall–Kier alpha value is -2.56. The third-order valence-corrected chi connectivity index (χ3v) is 6.33. The molecule has 0 N–H and O–H groups in total. The standard InChI is InChI=1S/C27H23Br2NO/c1-18-4-10-21(11-5-18)30(22-12-6-19(2)7-13-22)26-16-25(29)27(17-24(26)28)31-23-14-8-20(3)9-15-23/h4-17H,1-3H3. The SMILES string of the molecule is Cc1ccc(Oc2cc(Br)c(N(c3ccc(C)cc3)c3ccc(C)cc3)cc2Br)cc1. The van der Waals surface area contributed by atoms with Crippen LogP contribution in [0.3, 0.4) is 0 Å². The summed E-state index contributed by atoms with van der Waals surface area (Å²) in [5.41, 5.74) is 6.87. The molecule has 2 nitrogen and oxygen atoms in total. The summed E-state index contributed by atoms with van der Waals surface area (Å²) in [6.45, 7) is 6.27. The van der Waals surface area contributed by atoms with Gasteiger partial charge in [0.25, 0.3) is 0 Å². The van der Waals surface area contributed by atoms with Crippen LogP contribution in [0.4, 0.5) is 17.1 Å². The topological polar surface area (TPSA) is 12.5 Å². The van der Waals surface area contributed by atoms with Crippen LogP contribution in [-0.4, -0.2) is 0 Å². The van der Waals surface area contributed by atoms with Gasteiger partial charge in [-0.25, -0.2) is 0 Å². The summed E-state index contributed by atoms with van der Waals surface area (Å²) in [4.78, 5) is 2.24. The second kappa shape index (κ2) is 9.29. The molecule has 0 atom stereocenters. The first kappa shape index (κ1) is 21.7. The van der Waals surface area contributed by atoms with Crippen LogP contribution in [0.25, 0.3) is 0 Å². The molecule has 0 unspecified atom stereocenters. The number of ether oxygens (including phenoxy) is 1. The van der Waals surface area contributed by atoms with Crippen molar-refractivity contribution in [2.24, 2.45) is 0 Å². The van der Waals surface area contributed by atoms with Crippen LogP contribution < -0.4 is 9.64 Å². The average Bonchev–Trinajstić information content (AvgIpc) is 2.76. The Morgan fingerprint density at radius 3 is 1.52 bits per heavy atom. The maximum Gasteiger partial charge on any atom is 0.142 e. The summed E-state index contributed by atoms with van der Waals surface area (Å²) in [6, 6.07) is 29.3. The molecule has 0 heterocycles. The molecule has 4 rings (SSSR count). The van der Waals surface area contributed by atoms with Crippen LogP contribution in [0.5, 0.6) is 11.5 Å². The lowest BCUT2D eigenvalue weighted by Gasteiger charge is -2.27. The molecule has 0 aliphatic heterocycles. The predicted octanol–water partition coefficient (Wildman–Crippen LogP) is 9.40. The van der Waals surface area contributed by atoms with Gasteiger partial charge < -0.3 is 9.64 Å². The van der Waals surface area contributed by atoms with E-state index in [2.05, 4.69) is 112 Å². The Morgan fingerprint density at radius 1 is 0.581 bits per heavy atom. The van der Waals surface area contributed by atoms with Crippen LogP contribution in [0.15, 0.2) is 93.9 Å². The van der Waals surface area contributed by atoms with E-state index in [1.54, 1.807) is 0 Å². The molecule has 0 spiro atoms. The molecule has 4 aromatic rings. The molecular formula is C27H23Br2NO. The predicted molar refractivity (Wildman–Crippen MR) is 137 cm³/mol. The van der Waals surface area contributed by atoms with Crippen molar-refractivity contribution in [1.82, 2.24) is 0 Å². The molecule has 4 aromatic carbocycles. The van der Waals surface area contributed by atoms with Gasteiger partial charge in [-0.3, -0.25) is 0 Å². The van der Waals surface area contributed by atoms with Crippen LogP contribution in [0.1, 0.15) is 16.7 Å². The molecule has 0 bridgehead atoms. The highest BCUT2D eigenvalue weighted by Gasteiger charge is 2.18. The zero-order valence-corrected chi connectivity index (χ0v) is 20.9. The highest BCUT2D eigenvalue weighted by atomic mass is 79.9. The molecule has 156 valence electrons. The van der Waals surface area contributed by atoms with Crippen LogP contribution in [0.2, 0.25) is 0 Å². The van der Waals surface area contributed by atoms with E-state index in [0.29, 0.717) is 0 Å². The van der Waals surface area contributed by atoms with E-state index >= 15 is 0 Å². The molecule has 0 saturated carbocycles. The van der Waals surface area contributed by atoms with Crippen molar-refractivity contribution in [2.75, 3.05) is 4.90 Å². The molecule has 0 saturated heterocycles. The van der Waals surface area contributed by atoms with E-state index in [9.17, 15) is 0 Å². The van der Waals surface area contributed by atoms with Gasteiger partial charge in [0.05, 0.1) is 10.2 Å². The fraction of sp³-hybridized carbons (Fsp3) is 0.111. The number of hydrogen-bond donors (Lipinski definition) is 0. The second-order valence-corrected chi connectivity index (χ2v) is 9.36. The number of anilines is 3. The summed E-state index contributed by atoms with van der Waals surface area (Å²) < 4.78 is 7.96. The zero-order chi connectivity index (χ0) is 22.0. The highest BCUT2D eigenvalue weighted by molar-refractivity contribution is 9.11. The van der Waals surface area contributed by atoms with E-state index in [4.69, 9.17) is 4.74 Å². The zero-order valence-electron chi connectivity index (χ0n) is 17.7. The minimum absolute atomic E-state index is 0.757. The monoisotopic (exact) mass is 535 g/mol. The fourth-order valence-electron chi connectivity index (χ4n) is 3.32. The van der Waals surface area contributed by atoms with Crippen LogP contribution in [-0.2, 0) is 0 Å². The van der Waals surface area contributed by atoms with Crippen molar-refractivity contribution in [3.05, 3.63) is 111 Å². The van der Waals surface area contributed by atoms with Gasteiger partial charge in [-0.2, -0.15) is 0 Å². The molecular weight excluding hydrogens is 514 g/mol. The van der Waals surface area contributed by atoms with E-state index in [1.807, 2.05) is 30.3 Å². The lowest BCUT2D eigenvalue weighted by Crippen LogP contribution is -2.11. The minimum atomic E-state index is 0.757. The van der Waals surface area contributed by atoms with Gasteiger partial charge >= 0.3 is 0 Å². The molecule has 0 aliphatic carbocycles. The number of nitrogens with zero attached hydrogens (tertiary/aromatic N) is 1.